The number of hydrogen-bond acceptors (Lipinski definition) is 5. The highest BCUT2D eigenvalue weighted by atomic mass is 35.5. The third-order valence-electron chi connectivity index (χ3n) is 5.72. The Labute approximate surface area is 203 Å². The molecule has 6 nitrogen and oxygen atoms in total. The fraction of sp³-hybridized carbons (Fsp3) is 0.154. The zero-order valence-corrected chi connectivity index (χ0v) is 20.0. The molecule has 0 N–H and O–H groups in total. The quantitative estimate of drug-likeness (QED) is 0.318. The molecule has 0 bridgehead atoms. The predicted molar refractivity (Wildman–Crippen MR) is 134 cm³/mol. The number of nitrogens with zero attached hydrogens (tertiary/aromatic N) is 3. The standard InChI is InChI=1S/C26H22ClN3O3S/c1-2-33-24-15-9-12-19-16-21(26(27)28-25(19)24)23-17-22(18-10-5-3-6-11-18)29-30(23)34(31,32)20-13-7-4-8-14-20/h3-16,23H,2,17H2,1H3/t23-/m1/s1. The van der Waals surface area contributed by atoms with E-state index in [0.717, 1.165) is 10.9 Å². The summed E-state index contributed by atoms with van der Waals surface area (Å²) >= 11 is 6.67. The van der Waals surface area contributed by atoms with Crippen molar-refractivity contribution in [2.75, 3.05) is 6.61 Å². The van der Waals surface area contributed by atoms with Crippen LogP contribution >= 0.6 is 11.6 Å². The van der Waals surface area contributed by atoms with Crippen molar-refractivity contribution in [3.63, 3.8) is 0 Å². The number of pyridine rings is 1. The van der Waals surface area contributed by atoms with E-state index in [4.69, 9.17) is 16.3 Å². The highest BCUT2D eigenvalue weighted by molar-refractivity contribution is 7.89. The van der Waals surface area contributed by atoms with E-state index in [9.17, 15) is 8.42 Å². The number of aromatic nitrogens is 1. The third kappa shape index (κ3) is 4.02. The first kappa shape index (κ1) is 22.4. The molecule has 0 amide bonds. The first-order valence-corrected chi connectivity index (χ1v) is 12.7. The summed E-state index contributed by atoms with van der Waals surface area (Å²) < 4.78 is 34.2. The number of hydrazone groups is 1. The highest BCUT2D eigenvalue weighted by Crippen LogP contribution is 2.41. The van der Waals surface area contributed by atoms with Crippen LogP contribution in [0.3, 0.4) is 0 Å². The van der Waals surface area contributed by atoms with Gasteiger partial charge < -0.3 is 4.74 Å². The van der Waals surface area contributed by atoms with Gasteiger partial charge in [0.05, 0.1) is 23.3 Å². The number of benzene rings is 3. The van der Waals surface area contributed by atoms with Gasteiger partial charge in [0.2, 0.25) is 0 Å². The molecule has 0 unspecified atom stereocenters. The molecule has 1 atom stereocenters. The Morgan fingerprint density at radius 1 is 1.00 bits per heavy atom. The summed E-state index contributed by atoms with van der Waals surface area (Å²) in [5.41, 5.74) is 2.76. The first-order chi connectivity index (χ1) is 16.5. The topological polar surface area (TPSA) is 71.9 Å². The zero-order valence-electron chi connectivity index (χ0n) is 18.4. The van der Waals surface area contributed by atoms with Gasteiger partial charge in [-0.05, 0) is 36.8 Å². The molecule has 1 aliphatic heterocycles. The van der Waals surface area contributed by atoms with E-state index < -0.39 is 16.1 Å². The Kier molecular flexibility index (Phi) is 5.98. The minimum absolute atomic E-state index is 0.168. The van der Waals surface area contributed by atoms with E-state index in [0.29, 0.717) is 35.6 Å². The van der Waals surface area contributed by atoms with Crippen LogP contribution in [0.25, 0.3) is 10.9 Å². The molecule has 34 heavy (non-hydrogen) atoms. The number of rotatable bonds is 6. The molecule has 1 aromatic heterocycles. The van der Waals surface area contributed by atoms with Crippen LogP contribution in [0.1, 0.15) is 30.5 Å². The summed E-state index contributed by atoms with van der Waals surface area (Å²) in [4.78, 5) is 4.76. The van der Waals surface area contributed by atoms with Crippen LogP contribution in [0, 0.1) is 0 Å². The first-order valence-electron chi connectivity index (χ1n) is 10.9. The van der Waals surface area contributed by atoms with Crippen molar-refractivity contribution in [3.05, 3.63) is 101 Å². The van der Waals surface area contributed by atoms with Crippen LogP contribution < -0.4 is 4.74 Å². The van der Waals surface area contributed by atoms with Gasteiger partial charge in [-0.25, -0.2) is 4.98 Å². The van der Waals surface area contributed by atoms with Crippen molar-refractivity contribution >= 4 is 38.2 Å². The summed E-state index contributed by atoms with van der Waals surface area (Å²) in [5.74, 6) is 0.634. The van der Waals surface area contributed by atoms with Crippen molar-refractivity contribution < 1.29 is 13.2 Å². The monoisotopic (exact) mass is 491 g/mol. The molecule has 172 valence electrons. The Balaban J connectivity index is 1.65. The van der Waals surface area contributed by atoms with Gasteiger partial charge in [-0.15, -0.1) is 0 Å². The number of halogens is 1. The molecule has 5 rings (SSSR count). The molecule has 3 aromatic carbocycles. The van der Waals surface area contributed by atoms with Crippen LogP contribution in [0.5, 0.6) is 5.75 Å². The van der Waals surface area contributed by atoms with E-state index in [1.165, 1.54) is 4.41 Å². The van der Waals surface area contributed by atoms with E-state index in [1.807, 2.05) is 61.5 Å². The summed E-state index contributed by atoms with van der Waals surface area (Å²) in [6, 6.07) is 24.7. The molecule has 0 spiro atoms. The number of sulfonamides is 1. The molecule has 0 radical (unpaired) electrons. The predicted octanol–water partition coefficient (Wildman–Crippen LogP) is 5.83. The van der Waals surface area contributed by atoms with Gasteiger partial charge in [0.25, 0.3) is 10.0 Å². The lowest BCUT2D eigenvalue weighted by Gasteiger charge is -2.24. The van der Waals surface area contributed by atoms with Gasteiger partial charge in [-0.3, -0.25) is 0 Å². The van der Waals surface area contributed by atoms with E-state index in [2.05, 4.69) is 10.1 Å². The van der Waals surface area contributed by atoms with Crippen LogP contribution in [-0.4, -0.2) is 30.1 Å². The Hall–Kier alpha value is -3.42. The van der Waals surface area contributed by atoms with Gasteiger partial charge in [0.15, 0.2) is 0 Å². The number of para-hydroxylation sites is 1. The Bertz CT molecular complexity index is 1480. The van der Waals surface area contributed by atoms with Crippen molar-refractivity contribution in [2.45, 2.75) is 24.3 Å². The van der Waals surface area contributed by atoms with Crippen LogP contribution in [0.4, 0.5) is 0 Å². The largest absolute Gasteiger partial charge is 0.492 e. The minimum atomic E-state index is -3.93. The molecule has 2 heterocycles. The van der Waals surface area contributed by atoms with Gasteiger partial charge >= 0.3 is 0 Å². The lowest BCUT2D eigenvalue weighted by Crippen LogP contribution is -2.27. The van der Waals surface area contributed by atoms with Crippen molar-refractivity contribution in [2.24, 2.45) is 5.10 Å². The molecule has 0 saturated carbocycles. The highest BCUT2D eigenvalue weighted by Gasteiger charge is 2.39. The Morgan fingerprint density at radius 2 is 1.71 bits per heavy atom. The normalized spacial score (nSPS) is 16.0. The molecule has 1 aliphatic rings. The van der Waals surface area contributed by atoms with E-state index >= 15 is 0 Å². The third-order valence-corrected chi connectivity index (χ3v) is 7.71. The van der Waals surface area contributed by atoms with Gasteiger partial charge in [-0.2, -0.15) is 17.9 Å². The van der Waals surface area contributed by atoms with Crippen LogP contribution in [-0.2, 0) is 10.0 Å². The number of ether oxygens (including phenoxy) is 1. The van der Waals surface area contributed by atoms with E-state index in [-0.39, 0.29) is 10.0 Å². The number of fused-ring (bicyclic) bond motifs is 1. The summed E-state index contributed by atoms with van der Waals surface area (Å²) in [6.07, 6.45) is 0.369. The second-order valence-electron chi connectivity index (χ2n) is 7.85. The second-order valence-corrected chi connectivity index (χ2v) is 10.0. The van der Waals surface area contributed by atoms with Crippen molar-refractivity contribution in [1.82, 2.24) is 9.40 Å². The SMILES string of the molecule is CCOc1cccc2cc([C@H]3CC(c4ccccc4)=NN3S(=O)(=O)c3ccccc3)c(Cl)nc12. The molecule has 0 saturated heterocycles. The second kappa shape index (κ2) is 9.08. The molecule has 0 aliphatic carbocycles. The lowest BCUT2D eigenvalue weighted by atomic mass is 9.99. The fourth-order valence-electron chi connectivity index (χ4n) is 4.12. The zero-order chi connectivity index (χ0) is 23.7. The average Bonchev–Trinajstić information content (AvgIpc) is 3.32. The number of hydrogen-bond donors (Lipinski definition) is 0. The maximum Gasteiger partial charge on any atom is 0.279 e. The molecule has 8 heteroatoms. The molecule has 4 aromatic rings. The summed E-state index contributed by atoms with van der Waals surface area (Å²) in [7, 11) is -3.93. The molecular formula is C26H22ClN3O3S. The van der Waals surface area contributed by atoms with Crippen molar-refractivity contribution in [1.29, 1.82) is 0 Å². The van der Waals surface area contributed by atoms with Gasteiger partial charge in [-0.1, -0.05) is 72.3 Å². The van der Waals surface area contributed by atoms with Crippen molar-refractivity contribution in [3.8, 4) is 5.75 Å². The van der Waals surface area contributed by atoms with Crippen LogP contribution in [0.15, 0.2) is 94.9 Å². The summed E-state index contributed by atoms with van der Waals surface area (Å²) in [6.45, 7) is 2.41. The smallest absolute Gasteiger partial charge is 0.279 e. The van der Waals surface area contributed by atoms with E-state index in [1.54, 1.807) is 30.3 Å². The minimum Gasteiger partial charge on any atom is -0.492 e. The lowest BCUT2D eigenvalue weighted by molar-refractivity contribution is 0.343. The van der Waals surface area contributed by atoms with Gasteiger partial charge in [0, 0.05) is 17.4 Å². The summed E-state index contributed by atoms with van der Waals surface area (Å²) in [5, 5.41) is 5.62. The maximum atomic E-state index is 13.6. The fourth-order valence-corrected chi connectivity index (χ4v) is 5.83. The maximum absolute atomic E-state index is 13.6. The molecular weight excluding hydrogens is 470 g/mol. The average molecular weight is 492 g/mol. The van der Waals surface area contributed by atoms with Gasteiger partial charge in [0.1, 0.15) is 16.4 Å². The van der Waals surface area contributed by atoms with Crippen LogP contribution in [0.2, 0.25) is 5.15 Å². The molecule has 0 fully saturated rings. The Morgan fingerprint density at radius 3 is 2.41 bits per heavy atom.